The van der Waals surface area contributed by atoms with Crippen LogP contribution in [0, 0.1) is 0 Å². The topological polar surface area (TPSA) is 62.8 Å². The maximum atomic E-state index is 10.5. The molecule has 0 aromatic carbocycles. The van der Waals surface area contributed by atoms with Crippen LogP contribution in [0.1, 0.15) is 5.69 Å². The molecule has 0 amide bonds. The summed E-state index contributed by atoms with van der Waals surface area (Å²) in [5.74, 6) is 0. The Balaban J connectivity index is 2.90. The van der Waals surface area contributed by atoms with Gasteiger partial charge in [-0.2, -0.15) is 5.10 Å². The number of nitrogens with one attached hydrogen (secondary N) is 1. The summed E-state index contributed by atoms with van der Waals surface area (Å²) in [5.41, 5.74) is 0.296. The van der Waals surface area contributed by atoms with E-state index in [0.717, 1.165) is 0 Å². The third-order valence-corrected chi connectivity index (χ3v) is 1.05. The van der Waals surface area contributed by atoms with Crippen LogP contribution in [0.15, 0.2) is 23.0 Å². The van der Waals surface area contributed by atoms with Gasteiger partial charge in [0.15, 0.2) is 0 Å². The molecule has 0 radical (unpaired) electrons. The van der Waals surface area contributed by atoms with Gasteiger partial charge in [-0.05, 0) is 18.2 Å². The highest BCUT2D eigenvalue weighted by Gasteiger charge is 1.85. The van der Waals surface area contributed by atoms with Gasteiger partial charge in [0.25, 0.3) is 5.56 Å². The Kier molecular flexibility index (Phi) is 2.32. The van der Waals surface area contributed by atoms with Gasteiger partial charge in [0.1, 0.15) is 6.29 Å². The van der Waals surface area contributed by atoms with Crippen molar-refractivity contribution in [2.24, 2.45) is 0 Å². The number of nitrogens with zero attached hydrogens (tertiary/aromatic N) is 1. The molecule has 1 heterocycles. The molecule has 0 spiro atoms. The summed E-state index contributed by atoms with van der Waals surface area (Å²) in [5, 5.41) is 5.87. The van der Waals surface area contributed by atoms with E-state index >= 15 is 0 Å². The fourth-order valence-corrected chi connectivity index (χ4v) is 0.586. The zero-order chi connectivity index (χ0) is 8.10. The first-order chi connectivity index (χ1) is 5.33. The van der Waals surface area contributed by atoms with Crippen LogP contribution in [0.2, 0.25) is 0 Å². The van der Waals surface area contributed by atoms with Crippen LogP contribution in [0.4, 0.5) is 0 Å². The Morgan fingerprint density at radius 1 is 1.45 bits per heavy atom. The number of allylic oxidation sites excluding steroid dienone is 1. The molecule has 1 aromatic heterocycles. The number of hydrogen-bond acceptors (Lipinski definition) is 3. The minimum absolute atomic E-state index is 0.256. The first-order valence-corrected chi connectivity index (χ1v) is 3.00. The van der Waals surface area contributed by atoms with E-state index in [0.29, 0.717) is 12.0 Å². The Hall–Kier alpha value is -1.71. The molecule has 0 aliphatic rings. The largest absolute Gasteiger partial charge is 0.299 e. The predicted molar refractivity (Wildman–Crippen MR) is 40.0 cm³/mol. The van der Waals surface area contributed by atoms with Crippen molar-refractivity contribution in [1.29, 1.82) is 0 Å². The SMILES string of the molecule is O=CC=Cc1ccc(=O)[nH]n1. The molecule has 1 aromatic rings. The highest BCUT2D eigenvalue weighted by molar-refractivity contribution is 5.72. The molecule has 0 saturated carbocycles. The summed E-state index contributed by atoms with van der Waals surface area (Å²) >= 11 is 0. The summed E-state index contributed by atoms with van der Waals surface area (Å²) in [6.45, 7) is 0. The molecule has 0 unspecified atom stereocenters. The maximum Gasteiger partial charge on any atom is 0.264 e. The molecular formula is C7H6N2O2. The Labute approximate surface area is 62.6 Å². The molecule has 0 atom stereocenters. The van der Waals surface area contributed by atoms with Gasteiger partial charge < -0.3 is 0 Å². The third kappa shape index (κ3) is 2.17. The lowest BCUT2D eigenvalue weighted by Gasteiger charge is -1.86. The third-order valence-electron chi connectivity index (χ3n) is 1.05. The number of aromatic amines is 1. The molecule has 4 nitrogen and oxygen atoms in total. The lowest BCUT2D eigenvalue weighted by atomic mass is 10.3. The van der Waals surface area contributed by atoms with E-state index in [1.165, 1.54) is 24.3 Å². The van der Waals surface area contributed by atoms with E-state index < -0.39 is 0 Å². The average molecular weight is 150 g/mol. The number of aldehydes is 1. The first kappa shape index (κ1) is 7.40. The summed E-state index contributed by atoms with van der Waals surface area (Å²) in [7, 11) is 0. The van der Waals surface area contributed by atoms with Gasteiger partial charge in [0, 0.05) is 6.07 Å². The van der Waals surface area contributed by atoms with Crippen molar-refractivity contribution in [3.8, 4) is 0 Å². The highest BCUT2D eigenvalue weighted by Crippen LogP contribution is 1.89. The van der Waals surface area contributed by atoms with Crippen molar-refractivity contribution in [2.45, 2.75) is 0 Å². The molecular weight excluding hydrogens is 144 g/mol. The second-order valence-electron chi connectivity index (χ2n) is 1.84. The molecule has 11 heavy (non-hydrogen) atoms. The van der Waals surface area contributed by atoms with Crippen LogP contribution in [-0.2, 0) is 4.79 Å². The Morgan fingerprint density at radius 2 is 2.27 bits per heavy atom. The molecule has 0 fully saturated rings. The van der Waals surface area contributed by atoms with E-state index in [2.05, 4.69) is 10.2 Å². The molecule has 0 saturated heterocycles. The van der Waals surface area contributed by atoms with Crippen molar-refractivity contribution in [1.82, 2.24) is 10.2 Å². The van der Waals surface area contributed by atoms with E-state index in [-0.39, 0.29) is 5.56 Å². The van der Waals surface area contributed by atoms with E-state index in [1.54, 1.807) is 0 Å². The van der Waals surface area contributed by atoms with Gasteiger partial charge in [0.05, 0.1) is 5.69 Å². The fourth-order valence-electron chi connectivity index (χ4n) is 0.586. The van der Waals surface area contributed by atoms with Gasteiger partial charge in [-0.3, -0.25) is 9.59 Å². The fraction of sp³-hybridized carbons (Fsp3) is 0. The van der Waals surface area contributed by atoms with Crippen LogP contribution >= 0.6 is 0 Å². The molecule has 1 N–H and O–H groups in total. The number of rotatable bonds is 2. The average Bonchev–Trinajstić information content (AvgIpc) is 2.04. The zero-order valence-corrected chi connectivity index (χ0v) is 5.65. The highest BCUT2D eigenvalue weighted by atomic mass is 16.1. The van der Waals surface area contributed by atoms with Crippen LogP contribution in [0.3, 0.4) is 0 Å². The van der Waals surface area contributed by atoms with Crippen molar-refractivity contribution >= 4 is 12.4 Å². The summed E-state index contributed by atoms with van der Waals surface area (Å²) in [4.78, 5) is 20.3. The van der Waals surface area contributed by atoms with Crippen molar-refractivity contribution in [3.05, 3.63) is 34.3 Å². The lowest BCUT2D eigenvalue weighted by molar-refractivity contribution is -0.104. The van der Waals surface area contributed by atoms with Crippen molar-refractivity contribution in [2.75, 3.05) is 0 Å². The van der Waals surface area contributed by atoms with Gasteiger partial charge >= 0.3 is 0 Å². The second-order valence-corrected chi connectivity index (χ2v) is 1.84. The normalized spacial score (nSPS) is 10.2. The molecule has 0 aliphatic heterocycles. The van der Waals surface area contributed by atoms with Gasteiger partial charge in [-0.15, -0.1) is 0 Å². The summed E-state index contributed by atoms with van der Waals surface area (Å²) in [6, 6.07) is 2.87. The number of hydrogen-bond donors (Lipinski definition) is 1. The monoisotopic (exact) mass is 150 g/mol. The molecule has 0 aliphatic carbocycles. The van der Waals surface area contributed by atoms with E-state index in [4.69, 9.17) is 0 Å². The van der Waals surface area contributed by atoms with Crippen molar-refractivity contribution < 1.29 is 4.79 Å². The summed E-state index contributed by atoms with van der Waals surface area (Å²) < 4.78 is 0. The van der Waals surface area contributed by atoms with Crippen LogP contribution < -0.4 is 5.56 Å². The van der Waals surface area contributed by atoms with Gasteiger partial charge in [0.2, 0.25) is 0 Å². The van der Waals surface area contributed by atoms with E-state index in [9.17, 15) is 9.59 Å². The lowest BCUT2D eigenvalue weighted by Crippen LogP contribution is -2.05. The van der Waals surface area contributed by atoms with Crippen LogP contribution in [0.25, 0.3) is 6.08 Å². The number of carbonyl (C=O) groups is 1. The maximum absolute atomic E-state index is 10.5. The Morgan fingerprint density at radius 3 is 2.82 bits per heavy atom. The predicted octanol–water partition coefficient (Wildman–Crippen LogP) is -0.0180. The Bertz CT molecular complexity index is 307. The molecule has 56 valence electrons. The smallest absolute Gasteiger partial charge is 0.264 e. The quantitative estimate of drug-likeness (QED) is 0.476. The van der Waals surface area contributed by atoms with Crippen LogP contribution in [0.5, 0.6) is 0 Å². The van der Waals surface area contributed by atoms with Crippen LogP contribution in [-0.4, -0.2) is 16.5 Å². The van der Waals surface area contributed by atoms with Gasteiger partial charge in [-0.1, -0.05) is 0 Å². The molecule has 1 rings (SSSR count). The summed E-state index contributed by atoms with van der Waals surface area (Å²) in [6.07, 6.45) is 3.45. The molecule has 4 heteroatoms. The first-order valence-electron chi connectivity index (χ1n) is 3.00. The number of carbonyl (C=O) groups excluding carboxylic acids is 1. The van der Waals surface area contributed by atoms with E-state index in [1.807, 2.05) is 0 Å². The minimum Gasteiger partial charge on any atom is -0.299 e. The second kappa shape index (κ2) is 3.46. The van der Waals surface area contributed by atoms with Gasteiger partial charge in [-0.25, -0.2) is 5.10 Å². The zero-order valence-electron chi connectivity index (χ0n) is 5.65. The number of aromatic nitrogens is 2. The van der Waals surface area contributed by atoms with Crippen molar-refractivity contribution in [3.63, 3.8) is 0 Å². The number of H-pyrrole nitrogens is 1. The molecule has 0 bridgehead atoms. The standard InChI is InChI=1S/C7H6N2O2/c10-5-1-2-6-3-4-7(11)9-8-6/h1-5H,(H,9,11). The minimum atomic E-state index is -0.256.